The van der Waals surface area contributed by atoms with Crippen LogP contribution in [0.25, 0.3) is 0 Å². The molecule has 0 saturated heterocycles. The van der Waals surface area contributed by atoms with Crippen molar-refractivity contribution in [3.8, 4) is 0 Å². The molecule has 1 aliphatic rings. The fraction of sp³-hybridized carbons (Fsp3) is 0.929. The number of sulfone groups is 1. The fourth-order valence-electron chi connectivity index (χ4n) is 3.13. The topological polar surface area (TPSA) is 86.5 Å². The Morgan fingerprint density at radius 3 is 2.55 bits per heavy atom. The lowest BCUT2D eigenvalue weighted by atomic mass is 9.80. The van der Waals surface area contributed by atoms with E-state index in [4.69, 9.17) is 10.5 Å². The summed E-state index contributed by atoms with van der Waals surface area (Å²) in [5.74, 6) is -0.755. The third-order valence-electron chi connectivity index (χ3n) is 4.12. The number of ether oxygens (including phenoxy) is 1. The van der Waals surface area contributed by atoms with Crippen LogP contribution in [0.3, 0.4) is 0 Å². The van der Waals surface area contributed by atoms with Crippen molar-refractivity contribution >= 4 is 15.8 Å². The zero-order valence-electron chi connectivity index (χ0n) is 12.5. The maximum absolute atomic E-state index is 12.4. The summed E-state index contributed by atoms with van der Waals surface area (Å²) in [6.45, 7) is 4.35. The zero-order valence-corrected chi connectivity index (χ0v) is 13.3. The van der Waals surface area contributed by atoms with Crippen molar-refractivity contribution in [3.05, 3.63) is 0 Å². The van der Waals surface area contributed by atoms with E-state index in [2.05, 4.69) is 6.92 Å². The van der Waals surface area contributed by atoms with E-state index in [0.717, 1.165) is 25.7 Å². The number of hydrogen-bond donors (Lipinski definition) is 1. The summed E-state index contributed by atoms with van der Waals surface area (Å²) in [5.41, 5.74) is 5.72. The maximum atomic E-state index is 12.4. The molecule has 5 nitrogen and oxygen atoms in total. The van der Waals surface area contributed by atoms with Crippen LogP contribution in [0, 0.1) is 11.8 Å². The summed E-state index contributed by atoms with van der Waals surface area (Å²) < 4.78 is 29.6. The Morgan fingerprint density at radius 2 is 2.00 bits per heavy atom. The molecular formula is C14H27NO4S. The van der Waals surface area contributed by atoms with Crippen molar-refractivity contribution in [1.29, 1.82) is 0 Å². The van der Waals surface area contributed by atoms with E-state index >= 15 is 0 Å². The molecule has 3 atom stereocenters. The third kappa shape index (κ3) is 4.74. The number of nitrogens with two attached hydrogens (primary N) is 1. The molecule has 0 aromatic rings. The lowest BCUT2D eigenvalue weighted by Gasteiger charge is -2.35. The second kappa shape index (κ2) is 7.98. The van der Waals surface area contributed by atoms with Gasteiger partial charge >= 0.3 is 5.97 Å². The standard InChI is InChI=1S/C14H27NO4S/c1-3-5-11-6-7-12(9-15)13(8-11)20(17,18)10-14(16)19-4-2/h11-13H,3-10,15H2,1-2H3. The van der Waals surface area contributed by atoms with Crippen molar-refractivity contribution in [1.82, 2.24) is 0 Å². The predicted molar refractivity (Wildman–Crippen MR) is 79.0 cm³/mol. The van der Waals surface area contributed by atoms with Gasteiger partial charge < -0.3 is 10.5 Å². The van der Waals surface area contributed by atoms with Gasteiger partial charge in [0.25, 0.3) is 0 Å². The monoisotopic (exact) mass is 305 g/mol. The molecule has 20 heavy (non-hydrogen) atoms. The molecule has 1 fully saturated rings. The minimum Gasteiger partial charge on any atom is -0.465 e. The Bertz CT molecular complexity index is 407. The molecule has 0 radical (unpaired) electrons. The van der Waals surface area contributed by atoms with Crippen molar-refractivity contribution in [2.45, 2.75) is 51.2 Å². The highest BCUT2D eigenvalue weighted by Crippen LogP contribution is 2.35. The van der Waals surface area contributed by atoms with E-state index in [9.17, 15) is 13.2 Å². The van der Waals surface area contributed by atoms with Crippen molar-refractivity contribution in [2.24, 2.45) is 17.6 Å². The van der Waals surface area contributed by atoms with Crippen LogP contribution in [0.1, 0.15) is 46.0 Å². The van der Waals surface area contributed by atoms with Gasteiger partial charge in [0.2, 0.25) is 0 Å². The number of rotatable bonds is 7. The quantitative estimate of drug-likeness (QED) is 0.720. The molecule has 0 heterocycles. The van der Waals surface area contributed by atoms with E-state index < -0.39 is 26.8 Å². The first kappa shape index (κ1) is 17.4. The van der Waals surface area contributed by atoms with Crippen molar-refractivity contribution in [2.75, 3.05) is 18.9 Å². The summed E-state index contributed by atoms with van der Waals surface area (Å²) >= 11 is 0. The van der Waals surface area contributed by atoms with Gasteiger partial charge in [-0.2, -0.15) is 0 Å². The normalized spacial score (nSPS) is 27.2. The summed E-state index contributed by atoms with van der Waals surface area (Å²) in [4.78, 5) is 11.5. The molecule has 1 saturated carbocycles. The number of esters is 1. The van der Waals surface area contributed by atoms with E-state index in [-0.39, 0.29) is 12.5 Å². The fourth-order valence-corrected chi connectivity index (χ4v) is 5.15. The number of carbonyl (C=O) groups excluding carboxylic acids is 1. The zero-order chi connectivity index (χ0) is 15.2. The average molecular weight is 305 g/mol. The summed E-state index contributed by atoms with van der Waals surface area (Å²) in [6.07, 6.45) is 4.62. The first-order valence-electron chi connectivity index (χ1n) is 7.51. The Hall–Kier alpha value is -0.620. The SMILES string of the molecule is CCCC1CCC(CN)C(S(=O)(=O)CC(=O)OCC)C1. The van der Waals surface area contributed by atoms with Crippen LogP contribution >= 0.6 is 0 Å². The minimum atomic E-state index is -3.47. The van der Waals surface area contributed by atoms with E-state index in [1.54, 1.807) is 6.92 Å². The second-order valence-corrected chi connectivity index (χ2v) is 7.83. The first-order valence-corrected chi connectivity index (χ1v) is 9.23. The minimum absolute atomic E-state index is 0.0254. The number of carbonyl (C=O) groups is 1. The van der Waals surface area contributed by atoms with Crippen molar-refractivity contribution < 1.29 is 17.9 Å². The smallest absolute Gasteiger partial charge is 0.321 e. The Kier molecular flexibility index (Phi) is 6.95. The molecule has 118 valence electrons. The van der Waals surface area contributed by atoms with Gasteiger partial charge in [-0.1, -0.05) is 26.2 Å². The molecule has 0 bridgehead atoms. The van der Waals surface area contributed by atoms with Gasteiger partial charge in [0.05, 0.1) is 11.9 Å². The second-order valence-electron chi connectivity index (χ2n) is 5.61. The van der Waals surface area contributed by atoms with Crippen LogP contribution in [0.5, 0.6) is 0 Å². The van der Waals surface area contributed by atoms with E-state index in [0.29, 0.717) is 18.9 Å². The van der Waals surface area contributed by atoms with Gasteiger partial charge in [0.15, 0.2) is 9.84 Å². The predicted octanol–water partition coefficient (Wildman–Crippen LogP) is 1.51. The highest BCUT2D eigenvalue weighted by Gasteiger charge is 2.39. The Morgan fingerprint density at radius 1 is 1.30 bits per heavy atom. The van der Waals surface area contributed by atoms with Gasteiger partial charge in [-0.3, -0.25) is 4.79 Å². The van der Waals surface area contributed by atoms with Crippen LogP contribution in [-0.2, 0) is 19.4 Å². The maximum Gasteiger partial charge on any atom is 0.321 e. The molecule has 0 spiro atoms. The highest BCUT2D eigenvalue weighted by molar-refractivity contribution is 7.92. The Balaban J connectivity index is 2.78. The largest absolute Gasteiger partial charge is 0.465 e. The van der Waals surface area contributed by atoms with Gasteiger partial charge in [0, 0.05) is 0 Å². The van der Waals surface area contributed by atoms with Gasteiger partial charge in [-0.25, -0.2) is 8.42 Å². The molecule has 2 N–H and O–H groups in total. The summed E-state index contributed by atoms with van der Waals surface area (Å²) in [6, 6.07) is 0. The van der Waals surface area contributed by atoms with Crippen LogP contribution < -0.4 is 5.73 Å². The lowest BCUT2D eigenvalue weighted by molar-refractivity contribution is -0.139. The molecule has 0 aromatic carbocycles. The summed E-state index contributed by atoms with van der Waals surface area (Å²) in [5, 5.41) is -0.484. The molecule has 1 rings (SSSR count). The average Bonchev–Trinajstić information content (AvgIpc) is 2.38. The van der Waals surface area contributed by atoms with E-state index in [1.807, 2.05) is 0 Å². The van der Waals surface area contributed by atoms with Gasteiger partial charge in [0.1, 0.15) is 5.75 Å². The van der Waals surface area contributed by atoms with Crippen LogP contribution in [0.2, 0.25) is 0 Å². The van der Waals surface area contributed by atoms with Crippen LogP contribution in [-0.4, -0.2) is 38.5 Å². The Labute approximate surface area is 122 Å². The van der Waals surface area contributed by atoms with E-state index in [1.165, 1.54) is 0 Å². The molecule has 0 amide bonds. The molecule has 6 heteroatoms. The number of hydrogen-bond acceptors (Lipinski definition) is 5. The third-order valence-corrected chi connectivity index (χ3v) is 6.26. The highest BCUT2D eigenvalue weighted by atomic mass is 32.2. The molecule has 0 aromatic heterocycles. The van der Waals surface area contributed by atoms with Crippen LogP contribution in [0.4, 0.5) is 0 Å². The van der Waals surface area contributed by atoms with Gasteiger partial charge in [-0.15, -0.1) is 0 Å². The molecular weight excluding hydrogens is 278 g/mol. The molecule has 0 aliphatic heterocycles. The molecule has 3 unspecified atom stereocenters. The van der Waals surface area contributed by atoms with Crippen molar-refractivity contribution in [3.63, 3.8) is 0 Å². The van der Waals surface area contributed by atoms with Gasteiger partial charge in [-0.05, 0) is 38.1 Å². The molecule has 1 aliphatic carbocycles. The lowest BCUT2D eigenvalue weighted by Crippen LogP contribution is -2.42. The summed E-state index contributed by atoms with van der Waals surface area (Å²) in [7, 11) is -3.47. The first-order chi connectivity index (χ1) is 9.44. The van der Waals surface area contributed by atoms with Crippen LogP contribution in [0.15, 0.2) is 0 Å².